The number of rotatable bonds is 0. The van der Waals surface area contributed by atoms with Crippen molar-refractivity contribution in [1.82, 2.24) is 25.2 Å². The largest absolute Gasteiger partial charge is 0.324 e. The maximum Gasteiger partial charge on any atom is 0.230 e. The summed E-state index contributed by atoms with van der Waals surface area (Å²) in [6.07, 6.45) is 6.29. The molecular formula is C24H28N6. The van der Waals surface area contributed by atoms with E-state index in [9.17, 15) is 0 Å². The minimum absolute atomic E-state index is 0.575. The Hall–Kier alpha value is -2.83. The molecule has 0 radical (unpaired) electrons. The summed E-state index contributed by atoms with van der Waals surface area (Å²) in [6, 6.07) is 17.7. The second-order valence-electron chi connectivity index (χ2n) is 8.29. The van der Waals surface area contributed by atoms with Gasteiger partial charge in [-0.2, -0.15) is 4.98 Å². The number of piperidine rings is 1. The van der Waals surface area contributed by atoms with E-state index in [2.05, 4.69) is 79.0 Å². The lowest BCUT2D eigenvalue weighted by atomic mass is 10.0. The van der Waals surface area contributed by atoms with Crippen molar-refractivity contribution in [1.29, 1.82) is 0 Å². The molecule has 2 atom stereocenters. The van der Waals surface area contributed by atoms with E-state index in [4.69, 9.17) is 0 Å². The highest BCUT2D eigenvalue weighted by Gasteiger charge is 2.19. The molecule has 3 aromatic rings. The van der Waals surface area contributed by atoms with E-state index < -0.39 is 0 Å². The molecule has 2 aliphatic heterocycles. The molecular weight excluding hydrogens is 372 g/mol. The lowest BCUT2D eigenvalue weighted by molar-refractivity contribution is 0.183. The first-order chi connectivity index (χ1) is 14.8. The minimum Gasteiger partial charge on any atom is -0.324 e. The zero-order valence-corrected chi connectivity index (χ0v) is 17.2. The molecule has 0 saturated carbocycles. The van der Waals surface area contributed by atoms with Crippen molar-refractivity contribution in [3.05, 3.63) is 66.0 Å². The van der Waals surface area contributed by atoms with Gasteiger partial charge in [0.25, 0.3) is 0 Å². The third-order valence-electron chi connectivity index (χ3n) is 5.93. The van der Waals surface area contributed by atoms with Crippen molar-refractivity contribution in [2.24, 2.45) is 0 Å². The summed E-state index contributed by atoms with van der Waals surface area (Å²) in [4.78, 5) is 16.0. The first kappa shape index (κ1) is 19.2. The van der Waals surface area contributed by atoms with Crippen LogP contribution < -0.4 is 10.6 Å². The summed E-state index contributed by atoms with van der Waals surface area (Å²) in [5.74, 6) is 1.27. The quantitative estimate of drug-likeness (QED) is 0.599. The molecule has 2 aromatic carbocycles. The monoisotopic (exact) mass is 400 g/mol. The van der Waals surface area contributed by atoms with E-state index in [0.29, 0.717) is 17.8 Å². The fraction of sp³-hybridized carbons (Fsp3) is 0.375. The molecule has 2 unspecified atom stereocenters. The van der Waals surface area contributed by atoms with Crippen LogP contribution in [0.3, 0.4) is 0 Å². The molecule has 5 rings (SSSR count). The van der Waals surface area contributed by atoms with Gasteiger partial charge in [0.2, 0.25) is 5.95 Å². The maximum atomic E-state index is 4.66. The van der Waals surface area contributed by atoms with E-state index >= 15 is 0 Å². The number of hydrogen-bond acceptors (Lipinski definition) is 6. The molecule has 2 aliphatic rings. The van der Waals surface area contributed by atoms with Crippen LogP contribution in [0.2, 0.25) is 0 Å². The van der Waals surface area contributed by atoms with Gasteiger partial charge in [-0.15, -0.1) is 0 Å². The Morgan fingerprint density at radius 3 is 2.90 bits per heavy atom. The van der Waals surface area contributed by atoms with Gasteiger partial charge in [0, 0.05) is 30.4 Å². The lowest BCUT2D eigenvalue weighted by Gasteiger charge is -2.33. The molecule has 1 fully saturated rings. The van der Waals surface area contributed by atoms with Crippen LogP contribution in [0.5, 0.6) is 0 Å². The third kappa shape index (κ3) is 4.66. The van der Waals surface area contributed by atoms with Gasteiger partial charge in [0.05, 0.1) is 0 Å². The molecule has 1 saturated heterocycles. The third-order valence-corrected chi connectivity index (χ3v) is 5.93. The summed E-state index contributed by atoms with van der Waals surface area (Å²) in [6.45, 7) is 4.31. The first-order valence-electron chi connectivity index (χ1n) is 10.9. The summed E-state index contributed by atoms with van der Waals surface area (Å²) < 4.78 is 0. The lowest BCUT2D eigenvalue weighted by Crippen LogP contribution is -2.45. The molecule has 6 nitrogen and oxygen atoms in total. The van der Waals surface area contributed by atoms with E-state index in [0.717, 1.165) is 43.7 Å². The van der Waals surface area contributed by atoms with E-state index in [1.807, 2.05) is 0 Å². The Morgan fingerprint density at radius 2 is 1.90 bits per heavy atom. The second kappa shape index (κ2) is 8.90. The number of fused-ring (bicyclic) bond motifs is 9. The highest BCUT2D eigenvalue weighted by Crippen LogP contribution is 2.21. The fourth-order valence-corrected chi connectivity index (χ4v) is 4.46. The zero-order chi connectivity index (χ0) is 20.2. The van der Waals surface area contributed by atoms with E-state index in [1.165, 1.54) is 30.5 Å². The van der Waals surface area contributed by atoms with Crippen molar-refractivity contribution in [2.75, 3.05) is 25.0 Å². The highest BCUT2D eigenvalue weighted by atomic mass is 15.2. The Kier molecular flexibility index (Phi) is 5.68. The molecule has 30 heavy (non-hydrogen) atoms. The maximum absolute atomic E-state index is 4.66. The van der Waals surface area contributed by atoms with Crippen molar-refractivity contribution in [2.45, 2.75) is 38.3 Å². The second-order valence-corrected chi connectivity index (χ2v) is 8.29. The normalized spacial score (nSPS) is 21.7. The van der Waals surface area contributed by atoms with Crippen LogP contribution in [-0.2, 0) is 13.0 Å². The van der Waals surface area contributed by atoms with Gasteiger partial charge >= 0.3 is 0 Å². The summed E-state index contributed by atoms with van der Waals surface area (Å²) in [7, 11) is 0. The van der Waals surface area contributed by atoms with Gasteiger partial charge in [-0.3, -0.25) is 4.90 Å². The van der Waals surface area contributed by atoms with Gasteiger partial charge in [-0.05, 0) is 68.1 Å². The molecule has 154 valence electrons. The van der Waals surface area contributed by atoms with Crippen molar-refractivity contribution >= 4 is 11.6 Å². The molecule has 0 aliphatic carbocycles. The smallest absolute Gasteiger partial charge is 0.230 e. The van der Waals surface area contributed by atoms with Gasteiger partial charge in [-0.25, -0.2) is 9.97 Å². The molecule has 0 amide bonds. The van der Waals surface area contributed by atoms with Crippen LogP contribution in [-0.4, -0.2) is 45.5 Å². The molecule has 1 aromatic heterocycles. The number of benzene rings is 2. The average Bonchev–Trinajstić information content (AvgIpc) is 2.77. The first-order valence-corrected chi connectivity index (χ1v) is 10.9. The number of aromatic nitrogens is 3. The van der Waals surface area contributed by atoms with Crippen molar-refractivity contribution < 1.29 is 0 Å². The van der Waals surface area contributed by atoms with Crippen molar-refractivity contribution in [3.63, 3.8) is 0 Å². The van der Waals surface area contributed by atoms with Gasteiger partial charge in [0.15, 0.2) is 5.82 Å². The van der Waals surface area contributed by atoms with Gasteiger partial charge < -0.3 is 10.6 Å². The number of nitrogens with zero attached hydrogens (tertiary/aromatic N) is 4. The standard InChI is InChI=1S/C24H28N6/c1-5-18-7-3-11-25-22-10-4-12-30(16-22)15-19-6-2-9-21(14-19)28-24-27-17-26-23(29-24)20(8-1)13-18/h1-2,5-6,8-9,13-14,17,22,25H,3-4,7,10-12,15-16H2,(H,26,27,28,29). The van der Waals surface area contributed by atoms with Crippen LogP contribution in [0, 0.1) is 0 Å². The molecule has 6 heteroatoms. The molecule has 2 N–H and O–H groups in total. The predicted octanol–water partition coefficient (Wildman–Crippen LogP) is 3.78. The Labute approximate surface area is 177 Å². The number of anilines is 2. The molecule has 8 bridgehead atoms. The van der Waals surface area contributed by atoms with Crippen LogP contribution in [0.15, 0.2) is 54.9 Å². The van der Waals surface area contributed by atoms with Crippen LogP contribution in [0.25, 0.3) is 11.4 Å². The van der Waals surface area contributed by atoms with E-state index in [-0.39, 0.29) is 0 Å². The minimum atomic E-state index is 0.575. The van der Waals surface area contributed by atoms with Gasteiger partial charge in [0.1, 0.15) is 6.33 Å². The predicted molar refractivity (Wildman–Crippen MR) is 120 cm³/mol. The molecule has 0 spiro atoms. The summed E-state index contributed by atoms with van der Waals surface area (Å²) in [5, 5.41) is 7.15. The number of aryl methyl sites for hydroxylation is 1. The molecule has 3 heterocycles. The SMILES string of the molecule is c1cc2cc(c1)Nc1ncnc(n1)-c1cccc(c1)CCCNC1CCCN(C2)C1. The topological polar surface area (TPSA) is 66.0 Å². The summed E-state index contributed by atoms with van der Waals surface area (Å²) in [5.41, 5.74) is 4.67. The van der Waals surface area contributed by atoms with Crippen LogP contribution in [0.1, 0.15) is 30.4 Å². The number of nitrogens with one attached hydrogen (secondary N) is 2. The number of hydrogen-bond donors (Lipinski definition) is 2. The highest BCUT2D eigenvalue weighted by molar-refractivity contribution is 5.59. The van der Waals surface area contributed by atoms with E-state index in [1.54, 1.807) is 6.33 Å². The Balaban J connectivity index is 1.46. The van der Waals surface area contributed by atoms with Gasteiger partial charge in [-0.1, -0.05) is 30.3 Å². The Bertz CT molecular complexity index is 1000. The summed E-state index contributed by atoms with van der Waals surface area (Å²) >= 11 is 0. The zero-order valence-electron chi connectivity index (χ0n) is 17.2. The fourth-order valence-electron chi connectivity index (χ4n) is 4.46. The average molecular weight is 401 g/mol. The van der Waals surface area contributed by atoms with Crippen molar-refractivity contribution in [3.8, 4) is 11.4 Å². The van der Waals surface area contributed by atoms with Crippen LogP contribution in [0.4, 0.5) is 11.6 Å². The Morgan fingerprint density at radius 1 is 0.967 bits per heavy atom. The van der Waals surface area contributed by atoms with Crippen LogP contribution >= 0.6 is 0 Å².